The molecule has 0 saturated heterocycles. The Hall–Kier alpha value is -1.66. The van der Waals surface area contributed by atoms with E-state index in [9.17, 15) is 4.79 Å². The number of hydrogen-bond donors (Lipinski definition) is 3. The minimum Gasteiger partial charge on any atom is -0.383 e. The monoisotopic (exact) mass is 253 g/mol. The molecule has 0 heterocycles. The summed E-state index contributed by atoms with van der Waals surface area (Å²) >= 11 is 4.72. The van der Waals surface area contributed by atoms with Crippen LogP contribution in [0.5, 0.6) is 0 Å². The van der Waals surface area contributed by atoms with Gasteiger partial charge in [-0.2, -0.15) is 0 Å². The lowest BCUT2D eigenvalue weighted by Crippen LogP contribution is -2.27. The molecule has 0 aliphatic carbocycles. The van der Waals surface area contributed by atoms with Gasteiger partial charge in [-0.15, -0.1) is 0 Å². The average Bonchev–Trinajstić information content (AvgIpc) is 2.28. The molecule has 0 fully saturated rings. The number of nitrogens with one attached hydrogen (secondary N) is 2. The first-order chi connectivity index (χ1) is 8.13. The van der Waals surface area contributed by atoms with E-state index in [-0.39, 0.29) is 11.0 Å². The molecule has 0 unspecified atom stereocenters. The number of hydrogen-bond acceptors (Lipinski definition) is 3. The highest BCUT2D eigenvalue weighted by Crippen LogP contribution is 2.10. The third-order valence-electron chi connectivity index (χ3n) is 1.98. The molecule has 6 heteroatoms. The summed E-state index contributed by atoms with van der Waals surface area (Å²) in [4.78, 5) is 11.7. The van der Waals surface area contributed by atoms with Gasteiger partial charge in [0.05, 0.1) is 6.61 Å². The first-order valence-corrected chi connectivity index (χ1v) is 5.48. The van der Waals surface area contributed by atoms with Gasteiger partial charge in [-0.25, -0.2) is 0 Å². The van der Waals surface area contributed by atoms with E-state index in [2.05, 4.69) is 10.6 Å². The lowest BCUT2D eigenvalue weighted by Gasteiger charge is -2.07. The number of carbonyl (C=O) groups is 1. The van der Waals surface area contributed by atoms with E-state index in [1.807, 2.05) is 0 Å². The van der Waals surface area contributed by atoms with Crippen molar-refractivity contribution in [1.82, 2.24) is 5.32 Å². The predicted octanol–water partition coefficient (Wildman–Crippen LogP) is 0.718. The molecule has 1 aromatic carbocycles. The van der Waals surface area contributed by atoms with E-state index in [1.54, 1.807) is 31.4 Å². The first-order valence-electron chi connectivity index (χ1n) is 5.07. The topological polar surface area (TPSA) is 76.4 Å². The first kappa shape index (κ1) is 13.4. The fourth-order valence-electron chi connectivity index (χ4n) is 1.25. The quantitative estimate of drug-likeness (QED) is 0.532. The molecule has 1 aromatic rings. The van der Waals surface area contributed by atoms with E-state index in [4.69, 9.17) is 22.7 Å². The third kappa shape index (κ3) is 4.80. The van der Waals surface area contributed by atoms with Crippen LogP contribution >= 0.6 is 12.2 Å². The van der Waals surface area contributed by atoms with Gasteiger partial charge < -0.3 is 21.1 Å². The second kappa shape index (κ2) is 6.82. The Morgan fingerprint density at radius 3 is 2.94 bits per heavy atom. The van der Waals surface area contributed by atoms with Crippen molar-refractivity contribution < 1.29 is 9.53 Å². The van der Waals surface area contributed by atoms with E-state index >= 15 is 0 Å². The molecular weight excluding hydrogens is 238 g/mol. The van der Waals surface area contributed by atoms with Crippen LogP contribution in [-0.4, -0.2) is 31.3 Å². The Kier molecular flexibility index (Phi) is 5.38. The number of amides is 1. The van der Waals surface area contributed by atoms with Crippen LogP contribution in [0.1, 0.15) is 10.4 Å². The van der Waals surface area contributed by atoms with Crippen molar-refractivity contribution >= 4 is 28.9 Å². The molecule has 0 spiro atoms. The lowest BCUT2D eigenvalue weighted by molar-refractivity contribution is 0.0937. The zero-order chi connectivity index (χ0) is 12.7. The van der Waals surface area contributed by atoms with Gasteiger partial charge in [0.25, 0.3) is 5.91 Å². The van der Waals surface area contributed by atoms with Crippen molar-refractivity contribution in [3.8, 4) is 0 Å². The predicted molar refractivity (Wildman–Crippen MR) is 71.1 cm³/mol. The highest BCUT2D eigenvalue weighted by molar-refractivity contribution is 7.80. The molecule has 17 heavy (non-hydrogen) atoms. The lowest BCUT2D eigenvalue weighted by atomic mass is 10.2. The van der Waals surface area contributed by atoms with E-state index in [1.165, 1.54) is 0 Å². The number of anilines is 1. The van der Waals surface area contributed by atoms with Crippen LogP contribution in [0.25, 0.3) is 0 Å². The fraction of sp³-hybridized carbons (Fsp3) is 0.273. The molecule has 0 aliphatic rings. The summed E-state index contributed by atoms with van der Waals surface area (Å²) in [6, 6.07) is 6.94. The van der Waals surface area contributed by atoms with Crippen LogP contribution in [0, 0.1) is 0 Å². The smallest absolute Gasteiger partial charge is 0.251 e. The van der Waals surface area contributed by atoms with Gasteiger partial charge in [-0.1, -0.05) is 6.07 Å². The van der Waals surface area contributed by atoms with Crippen LogP contribution in [-0.2, 0) is 4.74 Å². The Morgan fingerprint density at radius 2 is 2.29 bits per heavy atom. The second-order valence-corrected chi connectivity index (χ2v) is 3.76. The number of methoxy groups -OCH3 is 1. The number of nitrogens with two attached hydrogens (primary N) is 1. The van der Waals surface area contributed by atoms with Crippen LogP contribution < -0.4 is 16.4 Å². The molecule has 0 aliphatic heterocycles. The van der Waals surface area contributed by atoms with Crippen molar-refractivity contribution in [1.29, 1.82) is 0 Å². The van der Waals surface area contributed by atoms with Crippen molar-refractivity contribution in [2.45, 2.75) is 0 Å². The number of thiocarbonyl (C=S) groups is 1. The molecule has 0 bridgehead atoms. The molecule has 1 amide bonds. The largest absolute Gasteiger partial charge is 0.383 e. The summed E-state index contributed by atoms with van der Waals surface area (Å²) in [5.41, 5.74) is 6.59. The summed E-state index contributed by atoms with van der Waals surface area (Å²) < 4.78 is 4.84. The summed E-state index contributed by atoms with van der Waals surface area (Å²) in [5, 5.41) is 5.66. The molecule has 0 atom stereocenters. The van der Waals surface area contributed by atoms with Gasteiger partial charge in [0, 0.05) is 24.9 Å². The third-order valence-corrected chi connectivity index (χ3v) is 2.09. The Bertz CT molecular complexity index is 409. The normalized spacial score (nSPS) is 9.71. The number of carbonyl (C=O) groups excluding carboxylic acids is 1. The summed E-state index contributed by atoms with van der Waals surface area (Å²) in [5.74, 6) is -0.159. The van der Waals surface area contributed by atoms with Crippen molar-refractivity contribution in [3.05, 3.63) is 29.8 Å². The molecule has 4 N–H and O–H groups in total. The van der Waals surface area contributed by atoms with E-state index in [0.29, 0.717) is 24.4 Å². The number of benzene rings is 1. The summed E-state index contributed by atoms with van der Waals surface area (Å²) in [7, 11) is 1.58. The van der Waals surface area contributed by atoms with Crippen LogP contribution in [0.3, 0.4) is 0 Å². The summed E-state index contributed by atoms with van der Waals surface area (Å²) in [6.45, 7) is 0.957. The van der Waals surface area contributed by atoms with Gasteiger partial charge in [0.2, 0.25) is 0 Å². The molecule has 92 valence electrons. The highest BCUT2D eigenvalue weighted by Gasteiger charge is 2.05. The molecule has 5 nitrogen and oxygen atoms in total. The van der Waals surface area contributed by atoms with Crippen LogP contribution in [0.15, 0.2) is 24.3 Å². The maximum absolute atomic E-state index is 11.7. The minimum absolute atomic E-state index is 0.159. The fourth-order valence-corrected chi connectivity index (χ4v) is 1.37. The van der Waals surface area contributed by atoms with Gasteiger partial charge in [-0.3, -0.25) is 4.79 Å². The van der Waals surface area contributed by atoms with E-state index in [0.717, 1.165) is 0 Å². The SMILES string of the molecule is COCCNC(=O)c1cccc(NC(N)=S)c1. The molecular formula is C11H15N3O2S. The van der Waals surface area contributed by atoms with Crippen molar-refractivity contribution in [3.63, 3.8) is 0 Å². The van der Waals surface area contributed by atoms with Gasteiger partial charge in [0.1, 0.15) is 0 Å². The molecule has 0 radical (unpaired) electrons. The zero-order valence-corrected chi connectivity index (χ0v) is 10.3. The van der Waals surface area contributed by atoms with Gasteiger partial charge in [-0.05, 0) is 30.4 Å². The molecule has 0 saturated carbocycles. The Balaban J connectivity index is 2.63. The molecule has 0 aromatic heterocycles. The molecule has 1 rings (SSSR count). The van der Waals surface area contributed by atoms with Crippen LogP contribution in [0.4, 0.5) is 5.69 Å². The number of ether oxygens (including phenoxy) is 1. The Labute approximate surface area is 105 Å². The standard InChI is InChI=1S/C11H15N3O2S/c1-16-6-5-13-10(15)8-3-2-4-9(7-8)14-11(12)17/h2-4,7H,5-6H2,1H3,(H,13,15)(H3,12,14,17). The zero-order valence-electron chi connectivity index (χ0n) is 9.53. The number of rotatable bonds is 5. The average molecular weight is 253 g/mol. The highest BCUT2D eigenvalue weighted by atomic mass is 32.1. The van der Waals surface area contributed by atoms with Crippen LogP contribution in [0.2, 0.25) is 0 Å². The Morgan fingerprint density at radius 1 is 1.53 bits per heavy atom. The van der Waals surface area contributed by atoms with E-state index < -0.39 is 0 Å². The van der Waals surface area contributed by atoms with Crippen molar-refractivity contribution in [2.24, 2.45) is 5.73 Å². The minimum atomic E-state index is -0.159. The maximum Gasteiger partial charge on any atom is 0.251 e. The van der Waals surface area contributed by atoms with Crippen molar-refractivity contribution in [2.75, 3.05) is 25.6 Å². The van der Waals surface area contributed by atoms with Gasteiger partial charge in [0.15, 0.2) is 5.11 Å². The maximum atomic E-state index is 11.7. The second-order valence-electron chi connectivity index (χ2n) is 3.32. The van der Waals surface area contributed by atoms with Gasteiger partial charge >= 0.3 is 0 Å². The summed E-state index contributed by atoms with van der Waals surface area (Å²) in [6.07, 6.45) is 0.